The number of amides is 2. The number of halogens is 3. The van der Waals surface area contributed by atoms with Crippen LogP contribution in [0.15, 0.2) is 18.2 Å². The third kappa shape index (κ3) is 4.88. The van der Waals surface area contributed by atoms with Gasteiger partial charge in [-0.3, -0.25) is 14.9 Å². The highest BCUT2D eigenvalue weighted by Gasteiger charge is 2.43. The zero-order valence-corrected chi connectivity index (χ0v) is 14.7. The molecule has 24 heavy (non-hydrogen) atoms. The quantitative estimate of drug-likeness (QED) is 0.863. The molecule has 1 aliphatic rings. The van der Waals surface area contributed by atoms with Gasteiger partial charge in [0.2, 0.25) is 11.8 Å². The third-order valence-corrected chi connectivity index (χ3v) is 3.91. The first-order valence-corrected chi connectivity index (χ1v) is 7.42. The number of likely N-dealkylation sites (N-methyl/N-ethyl adjacent to an activating group) is 1. The first-order valence-electron chi connectivity index (χ1n) is 7.42. The molecule has 5 nitrogen and oxygen atoms in total. The highest BCUT2D eigenvalue weighted by Crippen LogP contribution is 2.26. The Morgan fingerprint density at radius 1 is 1.33 bits per heavy atom. The fourth-order valence-corrected chi connectivity index (χ4v) is 2.64. The summed E-state index contributed by atoms with van der Waals surface area (Å²) in [6, 6.07) is 4.70. The average Bonchev–Trinajstić information content (AvgIpc) is 2.82. The molecule has 0 saturated carbocycles. The van der Waals surface area contributed by atoms with E-state index in [0.717, 1.165) is 11.1 Å². The van der Waals surface area contributed by atoms with Crippen LogP contribution in [-0.2, 0) is 9.59 Å². The summed E-state index contributed by atoms with van der Waals surface area (Å²) in [6.45, 7) is 3.06. The monoisotopic (exact) mass is 361 g/mol. The highest BCUT2D eigenvalue weighted by atomic mass is 35.5. The minimum absolute atomic E-state index is 0. The van der Waals surface area contributed by atoms with E-state index in [1.807, 2.05) is 32.0 Å². The van der Waals surface area contributed by atoms with E-state index in [9.17, 15) is 18.4 Å². The van der Waals surface area contributed by atoms with Gasteiger partial charge in [-0.05, 0) is 25.0 Å². The van der Waals surface area contributed by atoms with Crippen molar-refractivity contribution in [2.75, 3.05) is 25.5 Å². The van der Waals surface area contributed by atoms with Gasteiger partial charge >= 0.3 is 0 Å². The standard InChI is InChI=1S/C16H21F2N3O2.ClH/c1-10-5-4-6-11(2)14(10)20-13(22)8-21(3)15(23)12-7-16(17,18)9-19-12;/h4-6,12,19H,7-9H2,1-3H3,(H,20,22);1H. The molecule has 2 amide bonds. The largest absolute Gasteiger partial charge is 0.335 e. The summed E-state index contributed by atoms with van der Waals surface area (Å²) in [5.74, 6) is -3.73. The maximum atomic E-state index is 13.1. The van der Waals surface area contributed by atoms with Gasteiger partial charge in [0.15, 0.2) is 0 Å². The number of nitrogens with one attached hydrogen (secondary N) is 2. The van der Waals surface area contributed by atoms with Crippen LogP contribution >= 0.6 is 12.4 Å². The first-order chi connectivity index (χ1) is 10.7. The molecule has 0 radical (unpaired) electrons. The average molecular weight is 362 g/mol. The highest BCUT2D eigenvalue weighted by molar-refractivity contribution is 5.96. The zero-order valence-electron chi connectivity index (χ0n) is 13.9. The fraction of sp³-hybridized carbons (Fsp3) is 0.500. The Balaban J connectivity index is 0.00000288. The molecule has 1 unspecified atom stereocenters. The summed E-state index contributed by atoms with van der Waals surface area (Å²) in [6.07, 6.45) is -0.533. The smallest absolute Gasteiger partial charge is 0.262 e. The molecule has 1 heterocycles. The van der Waals surface area contributed by atoms with Gasteiger partial charge in [0.05, 0.1) is 19.1 Å². The van der Waals surface area contributed by atoms with E-state index < -0.39 is 30.8 Å². The van der Waals surface area contributed by atoms with E-state index in [2.05, 4.69) is 10.6 Å². The SMILES string of the molecule is Cc1cccc(C)c1NC(=O)CN(C)C(=O)C1CC(F)(F)CN1.Cl. The lowest BCUT2D eigenvalue weighted by molar-refractivity contribution is -0.135. The Morgan fingerprint density at radius 2 is 1.92 bits per heavy atom. The van der Waals surface area contributed by atoms with E-state index in [0.29, 0.717) is 5.69 Å². The van der Waals surface area contributed by atoms with E-state index in [4.69, 9.17) is 0 Å². The number of aryl methyl sites for hydroxylation is 2. The molecule has 8 heteroatoms. The first kappa shape index (κ1) is 20.3. The molecule has 2 N–H and O–H groups in total. The Labute approximate surface area is 146 Å². The minimum Gasteiger partial charge on any atom is -0.335 e. The van der Waals surface area contributed by atoms with Gasteiger partial charge in [-0.25, -0.2) is 8.78 Å². The molecule has 1 aromatic carbocycles. The second-order valence-corrected chi connectivity index (χ2v) is 6.00. The predicted octanol–water partition coefficient (Wildman–Crippen LogP) is 2.12. The fourth-order valence-electron chi connectivity index (χ4n) is 2.64. The molecule has 1 aromatic rings. The van der Waals surface area contributed by atoms with Crippen molar-refractivity contribution in [2.45, 2.75) is 32.2 Å². The number of hydrogen-bond donors (Lipinski definition) is 2. The summed E-state index contributed by atoms with van der Waals surface area (Å²) in [5, 5.41) is 5.27. The molecule has 0 aliphatic carbocycles. The number of carbonyl (C=O) groups is 2. The van der Waals surface area contributed by atoms with Crippen LogP contribution in [0.3, 0.4) is 0 Å². The van der Waals surface area contributed by atoms with Crippen LogP contribution in [0.2, 0.25) is 0 Å². The van der Waals surface area contributed by atoms with Crippen molar-refractivity contribution in [1.29, 1.82) is 0 Å². The van der Waals surface area contributed by atoms with Crippen LogP contribution in [0.4, 0.5) is 14.5 Å². The van der Waals surface area contributed by atoms with Gasteiger partial charge < -0.3 is 10.2 Å². The van der Waals surface area contributed by atoms with Crippen LogP contribution in [0.1, 0.15) is 17.5 Å². The van der Waals surface area contributed by atoms with Gasteiger partial charge in [0, 0.05) is 19.2 Å². The second kappa shape index (κ2) is 7.90. The van der Waals surface area contributed by atoms with Gasteiger partial charge in [-0.2, -0.15) is 0 Å². The maximum Gasteiger partial charge on any atom is 0.262 e. The number of anilines is 1. The van der Waals surface area contributed by atoms with E-state index in [-0.39, 0.29) is 24.9 Å². The number of benzene rings is 1. The van der Waals surface area contributed by atoms with Crippen molar-refractivity contribution in [2.24, 2.45) is 0 Å². The molecule has 1 saturated heterocycles. The number of nitrogens with zero attached hydrogens (tertiary/aromatic N) is 1. The molecule has 1 aliphatic heterocycles. The topological polar surface area (TPSA) is 61.4 Å². The van der Waals surface area contributed by atoms with Gasteiger partial charge in [-0.1, -0.05) is 18.2 Å². The van der Waals surface area contributed by atoms with Gasteiger partial charge in [-0.15, -0.1) is 12.4 Å². The molecule has 0 spiro atoms. The van der Waals surface area contributed by atoms with E-state index >= 15 is 0 Å². The molecule has 1 fully saturated rings. The van der Waals surface area contributed by atoms with Crippen LogP contribution in [0.5, 0.6) is 0 Å². The van der Waals surface area contributed by atoms with Crippen molar-refractivity contribution >= 4 is 29.9 Å². The zero-order chi connectivity index (χ0) is 17.2. The number of alkyl halides is 2. The lowest BCUT2D eigenvalue weighted by Gasteiger charge is -2.21. The molecule has 0 bridgehead atoms. The minimum atomic E-state index is -2.87. The summed E-state index contributed by atoms with van der Waals surface area (Å²) >= 11 is 0. The van der Waals surface area contributed by atoms with Crippen LogP contribution < -0.4 is 10.6 Å². The Bertz CT molecular complexity index is 605. The summed E-state index contributed by atoms with van der Waals surface area (Å²) in [4.78, 5) is 25.4. The molecular formula is C16H22ClF2N3O2. The normalized spacial score (nSPS) is 18.6. The maximum absolute atomic E-state index is 13.1. The number of hydrogen-bond acceptors (Lipinski definition) is 3. The van der Waals surface area contributed by atoms with Crippen molar-refractivity contribution < 1.29 is 18.4 Å². The van der Waals surface area contributed by atoms with Gasteiger partial charge in [0.1, 0.15) is 0 Å². The lowest BCUT2D eigenvalue weighted by atomic mass is 10.1. The van der Waals surface area contributed by atoms with Crippen molar-refractivity contribution in [1.82, 2.24) is 10.2 Å². The van der Waals surface area contributed by atoms with Crippen molar-refractivity contribution in [3.8, 4) is 0 Å². The molecule has 134 valence electrons. The molecule has 1 atom stereocenters. The van der Waals surface area contributed by atoms with E-state index in [1.165, 1.54) is 11.9 Å². The van der Waals surface area contributed by atoms with Crippen molar-refractivity contribution in [3.05, 3.63) is 29.3 Å². The van der Waals surface area contributed by atoms with E-state index in [1.54, 1.807) is 0 Å². The molecule has 2 rings (SSSR count). The van der Waals surface area contributed by atoms with Crippen molar-refractivity contribution in [3.63, 3.8) is 0 Å². The second-order valence-electron chi connectivity index (χ2n) is 6.00. The molecular weight excluding hydrogens is 340 g/mol. The van der Waals surface area contributed by atoms with Crippen LogP contribution in [0, 0.1) is 13.8 Å². The number of rotatable bonds is 4. The number of para-hydroxylation sites is 1. The summed E-state index contributed by atoms with van der Waals surface area (Å²) in [7, 11) is 1.44. The summed E-state index contributed by atoms with van der Waals surface area (Å²) in [5.41, 5.74) is 2.55. The summed E-state index contributed by atoms with van der Waals surface area (Å²) < 4.78 is 26.3. The number of carbonyl (C=O) groups excluding carboxylic acids is 2. The Hall–Kier alpha value is -1.73. The Morgan fingerprint density at radius 3 is 2.42 bits per heavy atom. The van der Waals surface area contributed by atoms with Crippen LogP contribution in [-0.4, -0.2) is 48.8 Å². The lowest BCUT2D eigenvalue weighted by Crippen LogP contribution is -2.44. The third-order valence-electron chi connectivity index (χ3n) is 3.91. The predicted molar refractivity (Wildman–Crippen MR) is 90.8 cm³/mol. The molecule has 0 aromatic heterocycles. The van der Waals surface area contributed by atoms with Crippen LogP contribution in [0.25, 0.3) is 0 Å². The van der Waals surface area contributed by atoms with Gasteiger partial charge in [0.25, 0.3) is 5.92 Å². The Kier molecular flexibility index (Phi) is 6.68.